The number of thiazole rings is 1. The SMILES string of the molecule is COC(C)c1nc(COc2ccccc2CO)cs1. The Morgan fingerprint density at radius 1 is 1.37 bits per heavy atom. The van der Waals surface area contributed by atoms with Gasteiger partial charge in [0.2, 0.25) is 0 Å². The van der Waals surface area contributed by atoms with E-state index in [1.807, 2.05) is 36.6 Å². The van der Waals surface area contributed by atoms with Crippen LogP contribution in [-0.4, -0.2) is 17.2 Å². The van der Waals surface area contributed by atoms with E-state index >= 15 is 0 Å². The van der Waals surface area contributed by atoms with Gasteiger partial charge in [-0.05, 0) is 13.0 Å². The lowest BCUT2D eigenvalue weighted by Crippen LogP contribution is -2.00. The molecule has 0 bridgehead atoms. The summed E-state index contributed by atoms with van der Waals surface area (Å²) in [4.78, 5) is 4.46. The average molecular weight is 279 g/mol. The van der Waals surface area contributed by atoms with Gasteiger partial charge in [0.1, 0.15) is 23.5 Å². The van der Waals surface area contributed by atoms with E-state index in [0.717, 1.165) is 16.3 Å². The maximum atomic E-state index is 9.21. The highest BCUT2D eigenvalue weighted by molar-refractivity contribution is 7.09. The molecule has 0 saturated carbocycles. The van der Waals surface area contributed by atoms with E-state index in [2.05, 4.69) is 4.98 Å². The topological polar surface area (TPSA) is 51.6 Å². The zero-order valence-electron chi connectivity index (χ0n) is 11.0. The number of aliphatic hydroxyl groups excluding tert-OH is 1. The molecule has 0 aliphatic heterocycles. The first-order valence-electron chi connectivity index (χ1n) is 6.03. The molecule has 0 spiro atoms. The van der Waals surface area contributed by atoms with Crippen LogP contribution in [0.5, 0.6) is 5.75 Å². The Bertz CT molecular complexity index is 527. The number of rotatable bonds is 6. The van der Waals surface area contributed by atoms with Crippen molar-refractivity contribution in [1.82, 2.24) is 4.98 Å². The first kappa shape index (κ1) is 14.0. The van der Waals surface area contributed by atoms with Gasteiger partial charge in [-0.1, -0.05) is 18.2 Å². The second kappa shape index (κ2) is 6.65. The average Bonchev–Trinajstić information content (AvgIpc) is 2.93. The van der Waals surface area contributed by atoms with Crippen LogP contribution in [0.15, 0.2) is 29.6 Å². The molecule has 0 radical (unpaired) electrons. The molecule has 0 fully saturated rings. The molecule has 1 heterocycles. The van der Waals surface area contributed by atoms with Gasteiger partial charge < -0.3 is 14.6 Å². The van der Waals surface area contributed by atoms with Crippen molar-refractivity contribution in [1.29, 1.82) is 0 Å². The number of ether oxygens (including phenoxy) is 2. The van der Waals surface area contributed by atoms with Gasteiger partial charge in [-0.25, -0.2) is 4.98 Å². The monoisotopic (exact) mass is 279 g/mol. The smallest absolute Gasteiger partial charge is 0.131 e. The molecular weight excluding hydrogens is 262 g/mol. The van der Waals surface area contributed by atoms with Crippen LogP contribution < -0.4 is 4.74 Å². The van der Waals surface area contributed by atoms with Gasteiger partial charge in [-0.3, -0.25) is 0 Å². The molecule has 1 aromatic carbocycles. The Morgan fingerprint density at radius 3 is 2.89 bits per heavy atom. The fourth-order valence-corrected chi connectivity index (χ4v) is 2.44. The molecule has 0 saturated heterocycles. The molecule has 1 unspecified atom stereocenters. The van der Waals surface area contributed by atoms with Gasteiger partial charge in [-0.15, -0.1) is 11.3 Å². The van der Waals surface area contributed by atoms with Crippen molar-refractivity contribution in [2.45, 2.75) is 26.2 Å². The number of hydrogen-bond acceptors (Lipinski definition) is 5. The third-order valence-corrected chi connectivity index (χ3v) is 3.84. The maximum absolute atomic E-state index is 9.21. The number of methoxy groups -OCH3 is 1. The van der Waals surface area contributed by atoms with Gasteiger partial charge in [-0.2, -0.15) is 0 Å². The van der Waals surface area contributed by atoms with E-state index in [-0.39, 0.29) is 12.7 Å². The van der Waals surface area contributed by atoms with Gasteiger partial charge >= 0.3 is 0 Å². The van der Waals surface area contributed by atoms with Crippen molar-refractivity contribution in [3.05, 3.63) is 45.9 Å². The van der Waals surface area contributed by atoms with E-state index in [0.29, 0.717) is 12.4 Å². The predicted molar refractivity (Wildman–Crippen MR) is 74.2 cm³/mol. The van der Waals surface area contributed by atoms with Crippen molar-refractivity contribution >= 4 is 11.3 Å². The van der Waals surface area contributed by atoms with E-state index < -0.39 is 0 Å². The third-order valence-electron chi connectivity index (χ3n) is 2.79. The summed E-state index contributed by atoms with van der Waals surface area (Å²) in [5, 5.41) is 12.1. The summed E-state index contributed by atoms with van der Waals surface area (Å²) in [6, 6.07) is 7.44. The van der Waals surface area contributed by atoms with Crippen LogP contribution >= 0.6 is 11.3 Å². The minimum Gasteiger partial charge on any atom is -0.487 e. The van der Waals surface area contributed by atoms with Gasteiger partial charge in [0.15, 0.2) is 0 Å². The van der Waals surface area contributed by atoms with Crippen LogP contribution in [0.3, 0.4) is 0 Å². The maximum Gasteiger partial charge on any atom is 0.131 e. The van der Waals surface area contributed by atoms with Crippen LogP contribution in [-0.2, 0) is 18.0 Å². The molecule has 2 rings (SSSR count). The van der Waals surface area contributed by atoms with Crippen LogP contribution in [0.1, 0.15) is 29.3 Å². The Hall–Kier alpha value is -1.43. The molecule has 1 atom stereocenters. The summed E-state index contributed by atoms with van der Waals surface area (Å²) in [6.45, 7) is 2.33. The Morgan fingerprint density at radius 2 is 2.16 bits per heavy atom. The first-order chi connectivity index (χ1) is 9.24. The normalized spacial score (nSPS) is 12.4. The number of aliphatic hydroxyl groups is 1. The second-order valence-corrected chi connectivity index (χ2v) is 5.00. The molecule has 1 aromatic heterocycles. The summed E-state index contributed by atoms with van der Waals surface area (Å²) < 4.78 is 10.9. The minimum atomic E-state index is -0.0286. The zero-order valence-corrected chi connectivity index (χ0v) is 11.8. The van der Waals surface area contributed by atoms with Crippen LogP contribution in [0.25, 0.3) is 0 Å². The lowest BCUT2D eigenvalue weighted by Gasteiger charge is -2.08. The number of para-hydroxylation sites is 1. The molecule has 19 heavy (non-hydrogen) atoms. The Labute approximate surface area is 116 Å². The van der Waals surface area contributed by atoms with Crippen LogP contribution in [0.4, 0.5) is 0 Å². The fraction of sp³-hybridized carbons (Fsp3) is 0.357. The fourth-order valence-electron chi connectivity index (χ4n) is 1.60. The largest absolute Gasteiger partial charge is 0.487 e. The highest BCUT2D eigenvalue weighted by Gasteiger charge is 2.10. The summed E-state index contributed by atoms with van der Waals surface area (Å²) in [6.07, 6.45) is 0.00322. The third kappa shape index (κ3) is 3.53. The summed E-state index contributed by atoms with van der Waals surface area (Å²) >= 11 is 1.56. The van der Waals surface area contributed by atoms with E-state index in [9.17, 15) is 5.11 Å². The molecular formula is C14H17NO3S. The van der Waals surface area contributed by atoms with Crippen molar-refractivity contribution in [2.24, 2.45) is 0 Å². The highest BCUT2D eigenvalue weighted by atomic mass is 32.1. The van der Waals surface area contributed by atoms with Crippen molar-refractivity contribution in [2.75, 3.05) is 7.11 Å². The second-order valence-electron chi connectivity index (χ2n) is 4.11. The van der Waals surface area contributed by atoms with Crippen molar-refractivity contribution < 1.29 is 14.6 Å². The first-order valence-corrected chi connectivity index (χ1v) is 6.91. The molecule has 2 aromatic rings. The molecule has 0 aliphatic rings. The Kier molecular flexibility index (Phi) is 4.90. The molecule has 1 N–H and O–H groups in total. The standard InChI is InChI=1S/C14H17NO3S/c1-10(17-2)14-15-12(9-19-14)8-18-13-6-4-3-5-11(13)7-16/h3-6,9-10,16H,7-8H2,1-2H3. The van der Waals surface area contributed by atoms with Gasteiger partial charge in [0.05, 0.1) is 12.3 Å². The number of aromatic nitrogens is 1. The number of benzene rings is 1. The number of hydrogen-bond donors (Lipinski definition) is 1. The van der Waals surface area contributed by atoms with E-state index in [1.54, 1.807) is 18.4 Å². The molecule has 4 nitrogen and oxygen atoms in total. The van der Waals surface area contributed by atoms with Crippen molar-refractivity contribution in [3.63, 3.8) is 0 Å². The number of nitrogens with zero attached hydrogens (tertiary/aromatic N) is 1. The van der Waals surface area contributed by atoms with Crippen LogP contribution in [0.2, 0.25) is 0 Å². The highest BCUT2D eigenvalue weighted by Crippen LogP contribution is 2.22. The summed E-state index contributed by atoms with van der Waals surface area (Å²) in [7, 11) is 1.67. The lowest BCUT2D eigenvalue weighted by atomic mass is 10.2. The summed E-state index contributed by atoms with van der Waals surface area (Å²) in [5.74, 6) is 0.694. The molecule has 0 aliphatic carbocycles. The quantitative estimate of drug-likeness (QED) is 0.883. The molecule has 5 heteroatoms. The molecule has 0 amide bonds. The van der Waals surface area contributed by atoms with E-state index in [1.165, 1.54) is 0 Å². The van der Waals surface area contributed by atoms with Gasteiger partial charge in [0, 0.05) is 18.1 Å². The predicted octanol–water partition coefficient (Wildman–Crippen LogP) is 2.92. The summed E-state index contributed by atoms with van der Waals surface area (Å²) in [5.41, 5.74) is 1.65. The van der Waals surface area contributed by atoms with Crippen LogP contribution in [0, 0.1) is 0 Å². The Balaban J connectivity index is 2.00. The molecule has 102 valence electrons. The van der Waals surface area contributed by atoms with Gasteiger partial charge in [0.25, 0.3) is 0 Å². The lowest BCUT2D eigenvalue weighted by molar-refractivity contribution is 0.119. The zero-order chi connectivity index (χ0) is 13.7. The minimum absolute atomic E-state index is 0.00322. The van der Waals surface area contributed by atoms with E-state index in [4.69, 9.17) is 9.47 Å². The van der Waals surface area contributed by atoms with Crippen molar-refractivity contribution in [3.8, 4) is 5.75 Å².